The molecule has 0 radical (unpaired) electrons. The molecule has 38 heavy (non-hydrogen) atoms. The average Bonchev–Trinajstić information content (AvgIpc) is 3.32. The number of piperidine rings is 1. The van der Waals surface area contributed by atoms with Gasteiger partial charge in [-0.1, -0.05) is 19.1 Å². The zero-order valence-electron chi connectivity index (χ0n) is 20.6. The molecular formula is C26H26F3N5O3S. The fraction of sp³-hybridized carbons (Fsp3) is 0.346. The number of aromatic nitrogens is 2. The first-order valence-electron chi connectivity index (χ1n) is 12.2. The second-order valence-electron chi connectivity index (χ2n) is 9.62. The Kier molecular flexibility index (Phi) is 6.76. The van der Waals surface area contributed by atoms with Crippen LogP contribution in [-0.4, -0.2) is 50.3 Å². The van der Waals surface area contributed by atoms with Crippen LogP contribution in [0.5, 0.6) is 0 Å². The fourth-order valence-corrected chi connectivity index (χ4v) is 5.83. The first kappa shape index (κ1) is 26.0. The zero-order chi connectivity index (χ0) is 27.1. The van der Waals surface area contributed by atoms with Gasteiger partial charge in [-0.25, -0.2) is 8.42 Å². The van der Waals surface area contributed by atoms with E-state index < -0.39 is 22.1 Å². The van der Waals surface area contributed by atoms with Crippen LogP contribution in [0.25, 0.3) is 11.3 Å². The third kappa shape index (κ3) is 5.31. The van der Waals surface area contributed by atoms with Gasteiger partial charge >= 0.3 is 12.1 Å². The lowest BCUT2D eigenvalue weighted by Gasteiger charge is -2.30. The first-order chi connectivity index (χ1) is 18.0. The van der Waals surface area contributed by atoms with E-state index in [1.807, 2.05) is 12.1 Å². The quantitative estimate of drug-likeness (QED) is 0.502. The summed E-state index contributed by atoms with van der Waals surface area (Å²) in [5, 5.41) is 8.69. The Bertz CT molecular complexity index is 1440. The minimum absolute atomic E-state index is 0.0672. The number of hydrogen-bond acceptors (Lipinski definition) is 6. The van der Waals surface area contributed by atoms with Crippen molar-refractivity contribution >= 4 is 33.1 Å². The van der Waals surface area contributed by atoms with E-state index in [0.717, 1.165) is 43.2 Å². The standard InChI is InChI=1S/C26H26F3N5O3S/c1-17-10-13-33(14-11-17)24-9-7-22(30-31-24)18-2-4-20(5-3-18)32-38(36,37)21-6-8-23-19(16-21)12-15-34(23)25(35)26(27,28)29/h2-9,16-17,32H,10-15H2,1H3. The van der Waals surface area contributed by atoms with Gasteiger partial charge in [0.2, 0.25) is 0 Å². The highest BCUT2D eigenvalue weighted by Gasteiger charge is 2.44. The molecule has 1 amide bonds. The monoisotopic (exact) mass is 545 g/mol. The molecule has 3 aromatic rings. The van der Waals surface area contributed by atoms with Crippen molar-refractivity contribution in [1.82, 2.24) is 10.2 Å². The van der Waals surface area contributed by atoms with E-state index in [2.05, 4.69) is 26.7 Å². The number of carbonyl (C=O) groups excluding carboxylic acids is 1. The molecule has 0 aliphatic carbocycles. The molecule has 12 heteroatoms. The lowest BCUT2D eigenvalue weighted by molar-refractivity contribution is -0.170. The molecule has 1 aromatic heterocycles. The zero-order valence-corrected chi connectivity index (χ0v) is 21.4. The minimum Gasteiger partial charge on any atom is -0.355 e. The van der Waals surface area contributed by atoms with Crippen molar-refractivity contribution in [2.24, 2.45) is 5.92 Å². The lowest BCUT2D eigenvalue weighted by Crippen LogP contribution is -2.40. The van der Waals surface area contributed by atoms with E-state index in [-0.39, 0.29) is 23.5 Å². The van der Waals surface area contributed by atoms with Crippen LogP contribution in [0.4, 0.5) is 30.4 Å². The van der Waals surface area contributed by atoms with Gasteiger partial charge in [0, 0.05) is 36.6 Å². The first-order valence-corrected chi connectivity index (χ1v) is 13.7. The molecular weight excluding hydrogens is 519 g/mol. The summed E-state index contributed by atoms with van der Waals surface area (Å²) in [6.07, 6.45) is -2.61. The number of rotatable bonds is 5. The second-order valence-corrected chi connectivity index (χ2v) is 11.3. The highest BCUT2D eigenvalue weighted by atomic mass is 32.2. The van der Waals surface area contributed by atoms with Gasteiger partial charge in [0.05, 0.1) is 10.6 Å². The molecule has 200 valence electrons. The molecule has 1 saturated heterocycles. The summed E-state index contributed by atoms with van der Waals surface area (Å²) in [5.41, 5.74) is 2.17. The van der Waals surface area contributed by atoms with Gasteiger partial charge in [0.25, 0.3) is 10.0 Å². The number of hydrogen-bond donors (Lipinski definition) is 1. The molecule has 2 aliphatic heterocycles. The average molecular weight is 546 g/mol. The third-order valence-corrected chi connectivity index (χ3v) is 8.31. The molecule has 0 saturated carbocycles. The SMILES string of the molecule is CC1CCN(c2ccc(-c3ccc(NS(=O)(=O)c4ccc5c(c4)CCN5C(=O)C(F)(F)F)cc3)nn2)CC1. The van der Waals surface area contributed by atoms with Crippen molar-refractivity contribution in [1.29, 1.82) is 0 Å². The van der Waals surface area contributed by atoms with Crippen LogP contribution < -0.4 is 14.5 Å². The van der Waals surface area contributed by atoms with Gasteiger partial charge in [0.15, 0.2) is 5.82 Å². The maximum absolute atomic E-state index is 12.9. The van der Waals surface area contributed by atoms with E-state index >= 15 is 0 Å². The summed E-state index contributed by atoms with van der Waals surface area (Å²) < 4.78 is 66.9. The lowest BCUT2D eigenvalue weighted by atomic mass is 9.99. The van der Waals surface area contributed by atoms with Crippen molar-refractivity contribution in [2.45, 2.75) is 37.3 Å². The van der Waals surface area contributed by atoms with E-state index in [1.165, 1.54) is 18.2 Å². The van der Waals surface area contributed by atoms with Crippen LogP contribution in [0.3, 0.4) is 0 Å². The third-order valence-electron chi connectivity index (χ3n) is 6.94. The van der Waals surface area contributed by atoms with Gasteiger partial charge in [0.1, 0.15) is 0 Å². The van der Waals surface area contributed by atoms with Gasteiger partial charge < -0.3 is 9.80 Å². The van der Waals surface area contributed by atoms with Crippen LogP contribution in [0.15, 0.2) is 59.5 Å². The topological polar surface area (TPSA) is 95.5 Å². The van der Waals surface area contributed by atoms with Crippen molar-refractivity contribution < 1.29 is 26.4 Å². The van der Waals surface area contributed by atoms with Crippen molar-refractivity contribution in [3.05, 3.63) is 60.2 Å². The number of fused-ring (bicyclic) bond motifs is 1. The number of alkyl halides is 3. The Hall–Kier alpha value is -3.67. The maximum atomic E-state index is 12.9. The van der Waals surface area contributed by atoms with E-state index in [0.29, 0.717) is 21.8 Å². The van der Waals surface area contributed by atoms with Crippen LogP contribution >= 0.6 is 0 Å². The number of nitrogens with one attached hydrogen (secondary N) is 1. The molecule has 1 fully saturated rings. The highest BCUT2D eigenvalue weighted by molar-refractivity contribution is 7.92. The summed E-state index contributed by atoms with van der Waals surface area (Å²) in [7, 11) is -4.01. The van der Waals surface area contributed by atoms with Crippen LogP contribution in [-0.2, 0) is 21.2 Å². The van der Waals surface area contributed by atoms with E-state index in [1.54, 1.807) is 24.3 Å². The van der Waals surface area contributed by atoms with E-state index in [4.69, 9.17) is 0 Å². The fourth-order valence-electron chi connectivity index (χ4n) is 4.72. The molecule has 3 heterocycles. The number of sulfonamides is 1. The molecule has 0 bridgehead atoms. The van der Waals surface area contributed by atoms with E-state index in [9.17, 15) is 26.4 Å². The molecule has 8 nitrogen and oxygen atoms in total. The number of halogens is 3. The Morgan fingerprint density at radius 1 is 0.974 bits per heavy atom. The minimum atomic E-state index is -5.00. The van der Waals surface area contributed by atoms with Crippen molar-refractivity contribution in [3.8, 4) is 11.3 Å². The summed E-state index contributed by atoms with van der Waals surface area (Å²) >= 11 is 0. The molecule has 1 N–H and O–H groups in total. The van der Waals surface area contributed by atoms with Gasteiger partial charge in [-0.05, 0) is 73.2 Å². The predicted octanol–water partition coefficient (Wildman–Crippen LogP) is 4.63. The number of benzene rings is 2. The summed E-state index contributed by atoms with van der Waals surface area (Å²) in [4.78, 5) is 14.4. The Morgan fingerprint density at radius 2 is 1.68 bits per heavy atom. The predicted molar refractivity (Wildman–Crippen MR) is 137 cm³/mol. The summed E-state index contributed by atoms with van der Waals surface area (Å²) in [6.45, 7) is 4.00. The van der Waals surface area contributed by atoms with Crippen molar-refractivity contribution in [2.75, 3.05) is 34.2 Å². The summed E-state index contributed by atoms with van der Waals surface area (Å²) in [6, 6.07) is 14.2. The maximum Gasteiger partial charge on any atom is 0.471 e. The molecule has 5 rings (SSSR count). The Labute approximate surface area is 218 Å². The molecule has 0 spiro atoms. The van der Waals surface area contributed by atoms with Crippen LogP contribution in [0.2, 0.25) is 0 Å². The van der Waals surface area contributed by atoms with Gasteiger partial charge in [-0.15, -0.1) is 10.2 Å². The molecule has 2 aliphatic rings. The van der Waals surface area contributed by atoms with Gasteiger partial charge in [-0.3, -0.25) is 9.52 Å². The van der Waals surface area contributed by atoms with Crippen molar-refractivity contribution in [3.63, 3.8) is 0 Å². The van der Waals surface area contributed by atoms with Crippen LogP contribution in [0, 0.1) is 5.92 Å². The number of carbonyl (C=O) groups is 1. The Morgan fingerprint density at radius 3 is 2.32 bits per heavy atom. The number of anilines is 3. The highest BCUT2D eigenvalue weighted by Crippen LogP contribution is 2.34. The molecule has 0 atom stereocenters. The number of nitrogens with zero attached hydrogens (tertiary/aromatic N) is 4. The summed E-state index contributed by atoms with van der Waals surface area (Å²) in [5.74, 6) is -0.410. The smallest absolute Gasteiger partial charge is 0.355 e. The van der Waals surface area contributed by atoms with Crippen LogP contribution in [0.1, 0.15) is 25.3 Å². The number of amides is 1. The second kappa shape index (κ2) is 9.90. The largest absolute Gasteiger partial charge is 0.471 e. The Balaban J connectivity index is 1.27. The normalized spacial score (nSPS) is 16.4. The molecule has 0 unspecified atom stereocenters. The molecule has 2 aromatic carbocycles. The van der Waals surface area contributed by atoms with Gasteiger partial charge in [-0.2, -0.15) is 13.2 Å².